The molecule has 0 saturated heterocycles. The van der Waals surface area contributed by atoms with Crippen molar-refractivity contribution in [2.45, 2.75) is 26.3 Å². The second-order valence-corrected chi connectivity index (χ2v) is 5.02. The molecule has 1 aromatic carbocycles. The molecule has 0 fully saturated rings. The molecule has 2 aromatic heterocycles. The highest BCUT2D eigenvalue weighted by molar-refractivity contribution is 5.91. The van der Waals surface area contributed by atoms with Crippen molar-refractivity contribution in [3.05, 3.63) is 48.4 Å². The van der Waals surface area contributed by atoms with Gasteiger partial charge in [0.2, 0.25) is 0 Å². The number of pyridine rings is 1. The summed E-state index contributed by atoms with van der Waals surface area (Å²) in [6.45, 7) is 3.78. The van der Waals surface area contributed by atoms with Gasteiger partial charge in [0.25, 0.3) is 0 Å². The number of aryl methyl sites for hydroxylation is 1. The number of benzene rings is 1. The number of nitrogens with one attached hydrogen (secondary N) is 1. The minimum Gasteiger partial charge on any atom is -0.383 e. The van der Waals surface area contributed by atoms with Crippen LogP contribution in [0.3, 0.4) is 0 Å². The molecule has 2 heterocycles. The van der Waals surface area contributed by atoms with Crippen LogP contribution in [0.25, 0.3) is 10.9 Å². The Kier molecular flexibility index (Phi) is 4.09. The Hall–Kier alpha value is -2.43. The van der Waals surface area contributed by atoms with Crippen LogP contribution >= 0.6 is 0 Å². The van der Waals surface area contributed by atoms with Gasteiger partial charge in [-0.05, 0) is 18.6 Å². The Morgan fingerprint density at radius 2 is 2.14 bits per heavy atom. The van der Waals surface area contributed by atoms with E-state index in [2.05, 4.69) is 40.8 Å². The van der Waals surface area contributed by atoms with E-state index >= 15 is 0 Å². The third kappa shape index (κ3) is 3.18. The van der Waals surface area contributed by atoms with Crippen LogP contribution in [-0.2, 0) is 13.0 Å². The van der Waals surface area contributed by atoms with Crippen molar-refractivity contribution in [2.75, 3.05) is 11.9 Å². The highest BCUT2D eigenvalue weighted by Crippen LogP contribution is 2.23. The lowest BCUT2D eigenvalue weighted by Gasteiger charge is -2.11. The molecule has 0 aliphatic rings. The second-order valence-electron chi connectivity index (χ2n) is 5.02. The van der Waals surface area contributed by atoms with Crippen molar-refractivity contribution in [2.24, 2.45) is 0 Å². The summed E-state index contributed by atoms with van der Waals surface area (Å²) in [5, 5.41) is 12.4. The van der Waals surface area contributed by atoms with Gasteiger partial charge >= 0.3 is 0 Å². The predicted molar refractivity (Wildman–Crippen MR) is 84.2 cm³/mol. The molecule has 0 aliphatic carbocycles. The molecule has 0 unspecified atom stereocenters. The fraction of sp³-hybridized carbons (Fsp3) is 0.312. The number of anilines is 1. The van der Waals surface area contributed by atoms with Crippen LogP contribution in [0, 0.1) is 0 Å². The van der Waals surface area contributed by atoms with Gasteiger partial charge in [0.15, 0.2) is 0 Å². The largest absolute Gasteiger partial charge is 0.383 e. The summed E-state index contributed by atoms with van der Waals surface area (Å²) in [5.41, 5.74) is 3.33. The van der Waals surface area contributed by atoms with E-state index in [-0.39, 0.29) is 0 Å². The van der Waals surface area contributed by atoms with Crippen LogP contribution in [0.15, 0.2) is 42.7 Å². The molecule has 5 nitrogen and oxygen atoms in total. The summed E-state index contributed by atoms with van der Waals surface area (Å²) in [4.78, 5) is 4.72. The summed E-state index contributed by atoms with van der Waals surface area (Å²) >= 11 is 0. The van der Waals surface area contributed by atoms with Gasteiger partial charge in [0.05, 0.1) is 18.3 Å². The van der Waals surface area contributed by atoms with Crippen LogP contribution < -0.4 is 5.32 Å². The summed E-state index contributed by atoms with van der Waals surface area (Å²) in [7, 11) is 0. The maximum atomic E-state index is 4.72. The Morgan fingerprint density at radius 3 is 2.95 bits per heavy atom. The standard InChI is InChI=1S/C16H19N5/c1-2-5-13-12-16(14-6-3-4-7-15(14)19-13)17-8-10-21-11-9-18-20-21/h3-4,6-7,9,11-12H,2,5,8,10H2,1H3,(H,17,19). The Morgan fingerprint density at radius 1 is 1.24 bits per heavy atom. The van der Waals surface area contributed by atoms with Gasteiger partial charge in [0.1, 0.15) is 0 Å². The van der Waals surface area contributed by atoms with E-state index < -0.39 is 0 Å². The second kappa shape index (κ2) is 6.35. The van der Waals surface area contributed by atoms with Gasteiger partial charge in [-0.25, -0.2) is 0 Å². The fourth-order valence-electron chi connectivity index (χ4n) is 2.42. The zero-order chi connectivity index (χ0) is 14.5. The number of fused-ring (bicyclic) bond motifs is 1. The van der Waals surface area contributed by atoms with Gasteiger partial charge in [-0.3, -0.25) is 9.67 Å². The molecule has 3 rings (SSSR count). The topological polar surface area (TPSA) is 55.6 Å². The van der Waals surface area contributed by atoms with Crippen molar-refractivity contribution in [1.82, 2.24) is 20.0 Å². The summed E-state index contributed by atoms with van der Waals surface area (Å²) < 4.78 is 1.82. The molecule has 0 aliphatic heterocycles. The average molecular weight is 281 g/mol. The van der Waals surface area contributed by atoms with Crippen LogP contribution in [0.4, 0.5) is 5.69 Å². The minimum atomic E-state index is 0.791. The third-order valence-corrected chi connectivity index (χ3v) is 3.40. The van der Waals surface area contributed by atoms with Crippen molar-refractivity contribution >= 4 is 16.6 Å². The first-order valence-electron chi connectivity index (χ1n) is 7.33. The number of nitrogens with zero attached hydrogens (tertiary/aromatic N) is 4. The molecule has 0 atom stereocenters. The average Bonchev–Trinajstić information content (AvgIpc) is 3.01. The van der Waals surface area contributed by atoms with E-state index in [1.807, 2.05) is 23.0 Å². The van der Waals surface area contributed by atoms with Gasteiger partial charge in [0, 0.05) is 29.5 Å². The van der Waals surface area contributed by atoms with E-state index in [1.54, 1.807) is 6.20 Å². The smallest absolute Gasteiger partial charge is 0.0726 e. The van der Waals surface area contributed by atoms with Gasteiger partial charge in [-0.2, -0.15) is 0 Å². The Labute approximate surface area is 124 Å². The third-order valence-electron chi connectivity index (χ3n) is 3.40. The van der Waals surface area contributed by atoms with Crippen molar-refractivity contribution in [3.63, 3.8) is 0 Å². The lowest BCUT2D eigenvalue weighted by molar-refractivity contribution is 0.609. The first-order valence-corrected chi connectivity index (χ1v) is 7.33. The SMILES string of the molecule is CCCc1cc(NCCn2ccnn2)c2ccccc2n1. The molecule has 108 valence electrons. The molecule has 0 bridgehead atoms. The number of hydrogen-bond donors (Lipinski definition) is 1. The normalized spacial score (nSPS) is 10.9. The van der Waals surface area contributed by atoms with Crippen LogP contribution in [0.5, 0.6) is 0 Å². The number of hydrogen-bond acceptors (Lipinski definition) is 4. The van der Waals surface area contributed by atoms with Crippen molar-refractivity contribution < 1.29 is 0 Å². The molecule has 21 heavy (non-hydrogen) atoms. The maximum absolute atomic E-state index is 4.72. The van der Waals surface area contributed by atoms with Gasteiger partial charge in [-0.1, -0.05) is 36.8 Å². The summed E-state index contributed by atoms with van der Waals surface area (Å²) in [6, 6.07) is 10.4. The molecule has 0 amide bonds. The number of aromatic nitrogens is 4. The molecular weight excluding hydrogens is 262 g/mol. The predicted octanol–water partition coefficient (Wildman–Crippen LogP) is 2.89. The first kappa shape index (κ1) is 13.5. The van der Waals surface area contributed by atoms with E-state index in [0.29, 0.717) is 0 Å². The first-order chi connectivity index (χ1) is 10.4. The monoisotopic (exact) mass is 281 g/mol. The maximum Gasteiger partial charge on any atom is 0.0726 e. The number of rotatable bonds is 6. The molecule has 0 spiro atoms. The van der Waals surface area contributed by atoms with E-state index in [9.17, 15) is 0 Å². The van der Waals surface area contributed by atoms with E-state index in [1.165, 1.54) is 0 Å². The van der Waals surface area contributed by atoms with Crippen molar-refractivity contribution in [1.29, 1.82) is 0 Å². The van der Waals surface area contributed by atoms with E-state index in [4.69, 9.17) is 4.98 Å². The molecular formula is C16H19N5. The highest BCUT2D eigenvalue weighted by atomic mass is 15.4. The summed E-state index contributed by atoms with van der Waals surface area (Å²) in [5.74, 6) is 0. The molecule has 0 radical (unpaired) electrons. The quantitative estimate of drug-likeness (QED) is 0.755. The molecule has 0 saturated carbocycles. The Balaban J connectivity index is 1.81. The van der Waals surface area contributed by atoms with Crippen LogP contribution in [0.2, 0.25) is 0 Å². The lowest BCUT2D eigenvalue weighted by Crippen LogP contribution is -2.11. The zero-order valence-electron chi connectivity index (χ0n) is 12.2. The molecule has 1 N–H and O–H groups in total. The van der Waals surface area contributed by atoms with Gasteiger partial charge in [-0.15, -0.1) is 5.10 Å². The van der Waals surface area contributed by atoms with Crippen LogP contribution in [-0.4, -0.2) is 26.5 Å². The van der Waals surface area contributed by atoms with Crippen molar-refractivity contribution in [3.8, 4) is 0 Å². The van der Waals surface area contributed by atoms with Crippen LogP contribution in [0.1, 0.15) is 19.0 Å². The summed E-state index contributed by atoms with van der Waals surface area (Å²) in [6.07, 6.45) is 5.67. The number of para-hydroxylation sites is 1. The minimum absolute atomic E-state index is 0.791. The molecule has 3 aromatic rings. The van der Waals surface area contributed by atoms with E-state index in [0.717, 1.165) is 48.2 Å². The van der Waals surface area contributed by atoms with Gasteiger partial charge < -0.3 is 5.32 Å². The lowest BCUT2D eigenvalue weighted by atomic mass is 10.1. The fourth-order valence-corrected chi connectivity index (χ4v) is 2.42. The Bertz CT molecular complexity index is 706. The molecule has 5 heteroatoms. The zero-order valence-corrected chi connectivity index (χ0v) is 12.2. The highest BCUT2D eigenvalue weighted by Gasteiger charge is 2.05.